The number of hydrogen-bond acceptors (Lipinski definition) is 8. The van der Waals surface area contributed by atoms with Crippen LogP contribution in [-0.2, 0) is 28.6 Å². The third-order valence-electron chi connectivity index (χ3n) is 7.05. The van der Waals surface area contributed by atoms with Gasteiger partial charge in [-0.15, -0.1) is 0 Å². The predicted octanol–water partition coefficient (Wildman–Crippen LogP) is 2.32. The molecular formula is C22H26O8. The second-order valence-electron chi connectivity index (χ2n) is 8.63. The van der Waals surface area contributed by atoms with Gasteiger partial charge < -0.3 is 23.7 Å². The van der Waals surface area contributed by atoms with Crippen LogP contribution in [0.15, 0.2) is 34.2 Å². The highest BCUT2D eigenvalue weighted by Gasteiger charge is 2.66. The van der Waals surface area contributed by atoms with E-state index in [1.54, 1.807) is 19.9 Å². The first-order valence-electron chi connectivity index (χ1n) is 10.1. The monoisotopic (exact) mass is 418 g/mol. The Morgan fingerprint density at radius 2 is 2.03 bits per heavy atom. The third kappa shape index (κ3) is 2.88. The molecule has 2 heterocycles. The van der Waals surface area contributed by atoms with Gasteiger partial charge in [0.15, 0.2) is 0 Å². The van der Waals surface area contributed by atoms with Gasteiger partial charge in [-0.05, 0) is 38.3 Å². The van der Waals surface area contributed by atoms with Crippen LogP contribution in [0.25, 0.3) is 0 Å². The lowest BCUT2D eigenvalue weighted by Crippen LogP contribution is -2.51. The summed E-state index contributed by atoms with van der Waals surface area (Å²) in [5, 5.41) is 11.0. The van der Waals surface area contributed by atoms with Gasteiger partial charge in [0.1, 0.15) is 12.2 Å². The summed E-state index contributed by atoms with van der Waals surface area (Å²) in [4.78, 5) is 37.6. The van der Waals surface area contributed by atoms with Gasteiger partial charge in [0.05, 0.1) is 37.1 Å². The van der Waals surface area contributed by atoms with Gasteiger partial charge >= 0.3 is 17.9 Å². The quantitative estimate of drug-likeness (QED) is 0.588. The lowest BCUT2D eigenvalue weighted by Gasteiger charge is -2.45. The maximum absolute atomic E-state index is 12.9. The second-order valence-corrected chi connectivity index (χ2v) is 8.63. The number of rotatable bonds is 3. The number of hydrogen-bond donors (Lipinski definition) is 1. The van der Waals surface area contributed by atoms with E-state index in [0.717, 1.165) is 0 Å². The fraction of sp³-hybridized carbons (Fsp3) is 0.591. The van der Waals surface area contributed by atoms with Crippen molar-refractivity contribution in [2.45, 2.75) is 51.9 Å². The summed E-state index contributed by atoms with van der Waals surface area (Å²) in [7, 11) is 1.32. The van der Waals surface area contributed by atoms with Crippen LogP contribution in [0.5, 0.6) is 0 Å². The molecule has 2 saturated carbocycles. The zero-order valence-electron chi connectivity index (χ0n) is 17.4. The van der Waals surface area contributed by atoms with Gasteiger partial charge in [0.25, 0.3) is 0 Å². The molecule has 1 aromatic heterocycles. The molecule has 1 aliphatic heterocycles. The molecule has 2 fully saturated rings. The summed E-state index contributed by atoms with van der Waals surface area (Å²) >= 11 is 0. The summed E-state index contributed by atoms with van der Waals surface area (Å²) in [5.74, 6) is -3.04. The van der Waals surface area contributed by atoms with Gasteiger partial charge in [-0.25, -0.2) is 4.79 Å². The fourth-order valence-electron chi connectivity index (χ4n) is 5.77. The highest BCUT2D eigenvalue weighted by Crippen LogP contribution is 2.62. The van der Waals surface area contributed by atoms with E-state index in [1.165, 1.54) is 26.6 Å². The molecule has 1 N–H and O–H groups in total. The maximum Gasteiger partial charge on any atom is 0.334 e. The number of furan rings is 1. The van der Waals surface area contributed by atoms with E-state index in [4.69, 9.17) is 18.6 Å². The molecule has 3 aliphatic rings. The van der Waals surface area contributed by atoms with Crippen molar-refractivity contribution in [2.24, 2.45) is 23.2 Å². The highest BCUT2D eigenvalue weighted by atomic mass is 16.6. The molecule has 0 spiro atoms. The number of esters is 3. The molecule has 7 atom stereocenters. The van der Waals surface area contributed by atoms with Gasteiger partial charge in [-0.3, -0.25) is 9.59 Å². The molecular weight excluding hydrogens is 392 g/mol. The Kier molecular flexibility index (Phi) is 5.00. The highest BCUT2D eigenvalue weighted by molar-refractivity contribution is 5.90. The summed E-state index contributed by atoms with van der Waals surface area (Å²) in [6.07, 6.45) is 1.40. The van der Waals surface area contributed by atoms with E-state index >= 15 is 0 Å². The minimum absolute atomic E-state index is 0.370. The van der Waals surface area contributed by atoms with Crippen molar-refractivity contribution in [1.29, 1.82) is 0 Å². The Morgan fingerprint density at radius 3 is 2.63 bits per heavy atom. The first-order chi connectivity index (χ1) is 14.2. The number of carbonyl (C=O) groups excluding carboxylic acids is 3. The zero-order chi connectivity index (χ0) is 21.8. The molecule has 2 aliphatic carbocycles. The number of carbonyl (C=O) groups is 3. The van der Waals surface area contributed by atoms with Gasteiger partial charge in [-0.2, -0.15) is 0 Å². The van der Waals surface area contributed by atoms with Crippen LogP contribution in [0.3, 0.4) is 0 Å². The second kappa shape index (κ2) is 7.27. The number of methoxy groups -OCH3 is 1. The summed E-state index contributed by atoms with van der Waals surface area (Å²) in [6, 6.07) is 1.69. The largest absolute Gasteiger partial charge is 0.472 e. The van der Waals surface area contributed by atoms with Crippen molar-refractivity contribution in [3.63, 3.8) is 0 Å². The van der Waals surface area contributed by atoms with Crippen molar-refractivity contribution in [1.82, 2.24) is 0 Å². The number of aliphatic hydroxyl groups excluding tert-OH is 1. The van der Waals surface area contributed by atoms with Crippen molar-refractivity contribution < 1.29 is 38.1 Å². The Balaban J connectivity index is 1.93. The van der Waals surface area contributed by atoms with Crippen LogP contribution in [-0.4, -0.2) is 42.3 Å². The SMILES string of the molecule is COC(=O)C1(C)CCC(O)C2C3=C(C)C(=O)OC(c4ccoc4)C3C(OC(C)=O)C21. The Morgan fingerprint density at radius 1 is 1.30 bits per heavy atom. The molecule has 0 aromatic carbocycles. The average molecular weight is 418 g/mol. The van der Waals surface area contributed by atoms with Crippen molar-refractivity contribution in [2.75, 3.05) is 7.11 Å². The van der Waals surface area contributed by atoms with Gasteiger partial charge in [0, 0.05) is 29.9 Å². The minimum atomic E-state index is -0.993. The molecule has 4 rings (SSSR count). The van der Waals surface area contributed by atoms with E-state index in [0.29, 0.717) is 29.6 Å². The van der Waals surface area contributed by atoms with Crippen LogP contribution < -0.4 is 0 Å². The normalized spacial score (nSPS) is 37.8. The van der Waals surface area contributed by atoms with E-state index < -0.39 is 59.4 Å². The standard InChI is InChI=1S/C22H26O8/c1-10-14-15-13(24)5-7-22(3,21(26)27-4)17(15)19(29-11(2)23)16(14)18(30-20(10)25)12-6-8-28-9-12/h6,8-9,13,15-19,24H,5,7H2,1-4H3. The Hall–Kier alpha value is -2.61. The van der Waals surface area contributed by atoms with E-state index in [2.05, 4.69) is 0 Å². The minimum Gasteiger partial charge on any atom is -0.472 e. The first-order valence-corrected chi connectivity index (χ1v) is 10.1. The molecule has 8 heteroatoms. The molecule has 162 valence electrons. The molecule has 1 aromatic rings. The number of ether oxygens (including phenoxy) is 3. The summed E-state index contributed by atoms with van der Waals surface area (Å²) in [5.41, 5.74) is 0.713. The number of aliphatic hydroxyl groups is 1. The van der Waals surface area contributed by atoms with Crippen molar-refractivity contribution in [3.8, 4) is 0 Å². The van der Waals surface area contributed by atoms with E-state index in [-0.39, 0.29) is 0 Å². The molecule has 0 radical (unpaired) electrons. The van der Waals surface area contributed by atoms with E-state index in [9.17, 15) is 19.5 Å². The van der Waals surface area contributed by atoms with E-state index in [1.807, 2.05) is 0 Å². The topological polar surface area (TPSA) is 112 Å². The summed E-state index contributed by atoms with van der Waals surface area (Å²) in [6.45, 7) is 4.74. The molecule has 0 saturated heterocycles. The lowest BCUT2D eigenvalue weighted by atomic mass is 9.61. The smallest absolute Gasteiger partial charge is 0.334 e. The predicted molar refractivity (Wildman–Crippen MR) is 102 cm³/mol. The molecule has 8 nitrogen and oxygen atoms in total. The van der Waals surface area contributed by atoms with Gasteiger partial charge in [-0.1, -0.05) is 0 Å². The number of fused-ring (bicyclic) bond motifs is 3. The van der Waals surface area contributed by atoms with Crippen LogP contribution in [0.1, 0.15) is 45.3 Å². The van der Waals surface area contributed by atoms with Crippen LogP contribution in [0.2, 0.25) is 0 Å². The molecule has 30 heavy (non-hydrogen) atoms. The fourth-order valence-corrected chi connectivity index (χ4v) is 5.77. The van der Waals surface area contributed by atoms with Gasteiger partial charge in [0.2, 0.25) is 0 Å². The maximum atomic E-state index is 12.9. The first kappa shape index (κ1) is 20.7. The lowest BCUT2D eigenvalue weighted by molar-refractivity contribution is -0.177. The summed E-state index contributed by atoms with van der Waals surface area (Å²) < 4.78 is 21.8. The average Bonchev–Trinajstić information content (AvgIpc) is 3.34. The molecule has 0 amide bonds. The number of cyclic esters (lactones) is 1. The molecule has 7 unspecified atom stereocenters. The Bertz CT molecular complexity index is 900. The van der Waals surface area contributed by atoms with Crippen LogP contribution in [0.4, 0.5) is 0 Å². The molecule has 0 bridgehead atoms. The van der Waals surface area contributed by atoms with Crippen molar-refractivity contribution in [3.05, 3.63) is 35.3 Å². The van der Waals surface area contributed by atoms with Crippen molar-refractivity contribution >= 4 is 17.9 Å². The van der Waals surface area contributed by atoms with Crippen LogP contribution in [0, 0.1) is 23.2 Å². The Labute approximate surface area is 174 Å². The zero-order valence-corrected chi connectivity index (χ0v) is 17.4. The van der Waals surface area contributed by atoms with Crippen LogP contribution >= 0.6 is 0 Å². The third-order valence-corrected chi connectivity index (χ3v) is 7.05.